The molecule has 0 N–H and O–H groups in total. The maximum atomic E-state index is 11.7. The Kier molecular flexibility index (Phi) is 7.98. The Morgan fingerprint density at radius 1 is 0.810 bits per heavy atom. The van der Waals surface area contributed by atoms with Crippen molar-refractivity contribution in [2.24, 2.45) is 0 Å². The van der Waals surface area contributed by atoms with Crippen LogP contribution in [-0.4, -0.2) is 61.0 Å². The van der Waals surface area contributed by atoms with Gasteiger partial charge in [0.15, 0.2) is 15.8 Å². The zero-order chi connectivity index (χ0) is 31.5. The number of rotatable bonds is 8. The lowest BCUT2D eigenvalue weighted by atomic mass is 9.81. The SMILES string of the molecule is Cc1ccc2c(c1)C(C)(C)C(=CC=CC=CC1=[N+](CS(=O)(=O)[O-])c3ccc(S(=O)(=O)[O-])cc3C1(C)C)N2CS(=O)(=O)[O-]. The Bertz CT molecular complexity index is 1920. The Morgan fingerprint density at radius 2 is 1.48 bits per heavy atom. The summed E-state index contributed by atoms with van der Waals surface area (Å²) in [6, 6.07) is 9.11. The molecule has 42 heavy (non-hydrogen) atoms. The summed E-state index contributed by atoms with van der Waals surface area (Å²) in [6.45, 7) is 9.17. The lowest BCUT2D eigenvalue weighted by molar-refractivity contribution is -0.416. The molecule has 0 atom stereocenters. The van der Waals surface area contributed by atoms with E-state index in [0.717, 1.165) is 17.2 Å². The van der Waals surface area contributed by atoms with E-state index >= 15 is 0 Å². The largest absolute Gasteiger partial charge is 0.747 e. The molecule has 2 heterocycles. The Morgan fingerprint density at radius 3 is 2.07 bits per heavy atom. The first-order valence-corrected chi connectivity index (χ1v) is 17.3. The standard InChI is InChI=1S/C28H32N2O9S3/c1-19-11-13-23-21(15-19)27(2,3)25(29(23)17-40(31,32)33)9-7-6-8-10-26-28(4,5)22-16-20(42(37,38)39)12-14-24(22)30(26)18-41(34,35)36/h6-16H,17-18H2,1-5H3,(H2-,31,32,33,34,35,36,37,38,39)/p-2. The number of anilines is 1. The fourth-order valence-electron chi connectivity index (χ4n) is 5.55. The van der Waals surface area contributed by atoms with Crippen molar-refractivity contribution in [1.29, 1.82) is 0 Å². The van der Waals surface area contributed by atoms with Crippen LogP contribution in [0, 0.1) is 6.92 Å². The maximum Gasteiger partial charge on any atom is 0.237 e. The zero-order valence-corrected chi connectivity index (χ0v) is 26.0. The van der Waals surface area contributed by atoms with Gasteiger partial charge in [-0.15, -0.1) is 0 Å². The van der Waals surface area contributed by atoms with Crippen molar-refractivity contribution in [3.05, 3.63) is 89.2 Å². The predicted molar refractivity (Wildman–Crippen MR) is 155 cm³/mol. The van der Waals surface area contributed by atoms with E-state index in [0.29, 0.717) is 22.7 Å². The summed E-state index contributed by atoms with van der Waals surface area (Å²) in [4.78, 5) is 0.995. The Labute approximate surface area is 246 Å². The van der Waals surface area contributed by atoms with Gasteiger partial charge in [-0.2, -0.15) is 4.58 Å². The number of hydrogen-bond donors (Lipinski definition) is 0. The van der Waals surface area contributed by atoms with E-state index in [9.17, 15) is 38.9 Å². The molecule has 2 aliphatic heterocycles. The highest BCUT2D eigenvalue weighted by atomic mass is 32.2. The second-order valence-corrected chi connectivity index (χ2v) is 15.4. The first-order valence-electron chi connectivity index (χ1n) is 12.7. The topological polar surface area (TPSA) is 178 Å². The lowest BCUT2D eigenvalue weighted by Crippen LogP contribution is -2.30. The van der Waals surface area contributed by atoms with Crippen LogP contribution in [0.2, 0.25) is 0 Å². The van der Waals surface area contributed by atoms with Crippen LogP contribution in [0.25, 0.3) is 0 Å². The van der Waals surface area contributed by atoms with Gasteiger partial charge >= 0.3 is 0 Å². The van der Waals surface area contributed by atoms with Crippen LogP contribution in [0.15, 0.2) is 77.4 Å². The summed E-state index contributed by atoms with van der Waals surface area (Å²) in [5, 5.41) is 0. The van der Waals surface area contributed by atoms with Gasteiger partial charge in [-0.3, -0.25) is 0 Å². The highest BCUT2D eigenvalue weighted by Crippen LogP contribution is 2.48. The number of hydrogen-bond acceptors (Lipinski definition) is 10. The molecule has 2 aliphatic rings. The number of aryl methyl sites for hydroxylation is 1. The lowest BCUT2D eigenvalue weighted by Gasteiger charge is -2.27. The molecule has 0 bridgehead atoms. The van der Waals surface area contributed by atoms with E-state index < -0.39 is 57.8 Å². The van der Waals surface area contributed by atoms with Crippen molar-refractivity contribution >= 4 is 47.4 Å². The minimum absolute atomic E-state index is 0.285. The molecule has 14 heteroatoms. The van der Waals surface area contributed by atoms with Gasteiger partial charge in [0.1, 0.15) is 26.1 Å². The Balaban J connectivity index is 1.73. The van der Waals surface area contributed by atoms with Crippen molar-refractivity contribution < 1.29 is 43.5 Å². The van der Waals surface area contributed by atoms with E-state index in [-0.39, 0.29) is 5.69 Å². The molecule has 0 saturated heterocycles. The Hall–Kier alpha value is -3.14. The summed E-state index contributed by atoms with van der Waals surface area (Å²) in [5.41, 5.74) is 2.48. The molecule has 0 radical (unpaired) electrons. The summed E-state index contributed by atoms with van der Waals surface area (Å²) in [6.07, 6.45) is 8.11. The van der Waals surface area contributed by atoms with Gasteiger partial charge in [0.05, 0.1) is 10.3 Å². The van der Waals surface area contributed by atoms with Gasteiger partial charge in [0.2, 0.25) is 11.6 Å². The van der Waals surface area contributed by atoms with E-state index in [1.807, 2.05) is 32.9 Å². The fourth-order valence-corrected chi connectivity index (χ4v) is 7.24. The summed E-state index contributed by atoms with van der Waals surface area (Å²) >= 11 is 0. The van der Waals surface area contributed by atoms with Gasteiger partial charge in [0, 0.05) is 34.5 Å². The maximum absolute atomic E-state index is 11.7. The third-order valence-electron chi connectivity index (χ3n) is 7.50. The second-order valence-electron chi connectivity index (χ2n) is 11.3. The van der Waals surface area contributed by atoms with Crippen LogP contribution in [0.1, 0.15) is 44.4 Å². The first-order chi connectivity index (χ1) is 19.1. The first kappa shape index (κ1) is 31.8. The smallest absolute Gasteiger partial charge is 0.237 e. The summed E-state index contributed by atoms with van der Waals surface area (Å²) in [7, 11) is -14.1. The van der Waals surface area contributed by atoms with Crippen molar-refractivity contribution in [2.45, 2.75) is 50.3 Å². The molecule has 0 saturated carbocycles. The summed E-state index contributed by atoms with van der Waals surface area (Å²) < 4.78 is 107. The van der Waals surface area contributed by atoms with Crippen LogP contribution < -0.4 is 4.90 Å². The van der Waals surface area contributed by atoms with E-state index in [1.165, 1.54) is 21.6 Å². The van der Waals surface area contributed by atoms with Gasteiger partial charge < -0.3 is 18.6 Å². The van der Waals surface area contributed by atoms with Crippen LogP contribution in [0.3, 0.4) is 0 Å². The molecule has 2 aromatic carbocycles. The van der Waals surface area contributed by atoms with Crippen LogP contribution >= 0.6 is 0 Å². The molecular weight excluding hydrogens is 605 g/mol. The number of benzene rings is 2. The van der Waals surface area contributed by atoms with Crippen molar-refractivity contribution in [1.82, 2.24) is 0 Å². The van der Waals surface area contributed by atoms with E-state index in [2.05, 4.69) is 0 Å². The molecule has 4 rings (SSSR count). The molecule has 0 aromatic heterocycles. The molecule has 226 valence electrons. The monoisotopic (exact) mass is 634 g/mol. The number of allylic oxidation sites excluding steroid dienone is 6. The third kappa shape index (κ3) is 6.28. The van der Waals surface area contributed by atoms with Crippen molar-refractivity contribution in [3.8, 4) is 0 Å². The molecule has 0 fully saturated rings. The van der Waals surface area contributed by atoms with Gasteiger partial charge in [-0.1, -0.05) is 49.8 Å². The van der Waals surface area contributed by atoms with Crippen LogP contribution in [0.4, 0.5) is 11.4 Å². The highest BCUT2D eigenvalue weighted by Gasteiger charge is 2.45. The average Bonchev–Trinajstić information content (AvgIpc) is 3.15. The van der Waals surface area contributed by atoms with Crippen LogP contribution in [-0.2, 0) is 41.2 Å². The molecule has 0 spiro atoms. The molecular formula is C28H30N2O9S3-2. The van der Waals surface area contributed by atoms with E-state index in [4.69, 9.17) is 0 Å². The zero-order valence-electron chi connectivity index (χ0n) is 23.6. The second kappa shape index (κ2) is 10.5. The average molecular weight is 635 g/mol. The highest BCUT2D eigenvalue weighted by molar-refractivity contribution is 7.86. The van der Waals surface area contributed by atoms with Crippen molar-refractivity contribution in [3.63, 3.8) is 0 Å². The number of fused-ring (bicyclic) bond motifs is 2. The fraction of sp³-hybridized carbons (Fsp3) is 0.321. The normalized spacial score (nSPS) is 19.3. The van der Waals surface area contributed by atoms with Gasteiger partial charge in [0.25, 0.3) is 0 Å². The quantitative estimate of drug-likeness (QED) is 0.238. The third-order valence-corrected chi connectivity index (χ3v) is 9.48. The molecule has 11 nitrogen and oxygen atoms in total. The molecule has 2 aromatic rings. The molecule has 0 amide bonds. The van der Waals surface area contributed by atoms with Gasteiger partial charge in [-0.25, -0.2) is 25.3 Å². The van der Waals surface area contributed by atoms with E-state index in [1.54, 1.807) is 50.3 Å². The number of nitrogens with zero attached hydrogens (tertiary/aromatic N) is 2. The molecule has 0 unspecified atom stereocenters. The van der Waals surface area contributed by atoms with Crippen molar-refractivity contribution in [2.75, 3.05) is 16.7 Å². The minimum Gasteiger partial charge on any atom is -0.747 e. The van der Waals surface area contributed by atoms with Gasteiger partial charge in [-0.05, 0) is 50.6 Å². The molecule has 0 aliphatic carbocycles. The predicted octanol–water partition coefficient (Wildman–Crippen LogP) is 3.07. The summed E-state index contributed by atoms with van der Waals surface area (Å²) in [5.74, 6) is -1.66. The minimum atomic E-state index is -4.78. The van der Waals surface area contributed by atoms with Crippen LogP contribution in [0.5, 0.6) is 0 Å².